The normalized spacial score (nSPS) is 29.9. The average molecular weight is 469 g/mol. The fourth-order valence-corrected chi connectivity index (χ4v) is 8.11. The zero-order valence-corrected chi connectivity index (χ0v) is 21.0. The Balaban J connectivity index is 1.40. The largest absolute Gasteiger partial charge is 0.308 e. The molecule has 3 saturated heterocycles. The Morgan fingerprint density at radius 1 is 0.824 bits per heavy atom. The molecule has 2 nitrogen and oxygen atoms in total. The van der Waals surface area contributed by atoms with E-state index in [0.29, 0.717) is 18.0 Å². The summed E-state index contributed by atoms with van der Waals surface area (Å²) in [6.45, 7) is 2.21. The monoisotopic (exact) mass is 468 g/mol. The van der Waals surface area contributed by atoms with Gasteiger partial charge in [0, 0.05) is 35.5 Å². The lowest BCUT2D eigenvalue weighted by molar-refractivity contribution is -0.0706. The van der Waals surface area contributed by atoms with Gasteiger partial charge in [-0.1, -0.05) is 85.3 Å². The number of piperidine rings is 3. The summed E-state index contributed by atoms with van der Waals surface area (Å²) in [6, 6.07) is 33.3. The summed E-state index contributed by atoms with van der Waals surface area (Å²) in [5.74, 6) is 2.03. The van der Waals surface area contributed by atoms with Crippen molar-refractivity contribution in [2.24, 2.45) is 11.8 Å². The Morgan fingerprint density at radius 3 is 2.21 bits per heavy atom. The topological polar surface area (TPSA) is 15.3 Å². The van der Waals surface area contributed by atoms with Crippen LogP contribution in [0, 0.1) is 11.8 Å². The minimum Gasteiger partial charge on any atom is -0.308 e. The van der Waals surface area contributed by atoms with Crippen LogP contribution in [0.4, 0.5) is 0 Å². The van der Waals surface area contributed by atoms with Crippen molar-refractivity contribution < 1.29 is 0 Å². The second-order valence-electron chi connectivity index (χ2n) is 10.4. The first kappa shape index (κ1) is 22.4. The van der Waals surface area contributed by atoms with Gasteiger partial charge < -0.3 is 5.32 Å². The number of benzene rings is 3. The number of nitrogens with one attached hydrogen (secondary N) is 1. The molecule has 4 fully saturated rings. The van der Waals surface area contributed by atoms with Crippen molar-refractivity contribution in [3.8, 4) is 0 Å². The van der Waals surface area contributed by atoms with E-state index in [1.807, 2.05) is 11.8 Å². The predicted molar refractivity (Wildman–Crippen MR) is 143 cm³/mol. The maximum Gasteiger partial charge on any atom is 0.0364 e. The average Bonchev–Trinajstić information content (AvgIpc) is 3.41. The van der Waals surface area contributed by atoms with Crippen molar-refractivity contribution in [3.63, 3.8) is 0 Å². The van der Waals surface area contributed by atoms with Crippen molar-refractivity contribution >= 4 is 11.8 Å². The molecule has 6 unspecified atom stereocenters. The van der Waals surface area contributed by atoms with Crippen LogP contribution in [0.25, 0.3) is 0 Å². The number of rotatable bonds is 7. The fourth-order valence-electron chi connectivity index (χ4n) is 7.49. The molecule has 4 aliphatic rings. The molecular formula is C31H36N2S. The van der Waals surface area contributed by atoms with E-state index in [-0.39, 0.29) is 0 Å². The smallest absolute Gasteiger partial charge is 0.0364 e. The first-order chi connectivity index (χ1) is 16.8. The third kappa shape index (κ3) is 4.02. The summed E-state index contributed by atoms with van der Waals surface area (Å²) in [7, 11) is 0. The van der Waals surface area contributed by atoms with Gasteiger partial charge in [0.1, 0.15) is 0 Å². The highest BCUT2D eigenvalue weighted by Gasteiger charge is 2.55. The Labute approximate surface area is 209 Å². The van der Waals surface area contributed by atoms with Crippen LogP contribution >= 0.6 is 11.8 Å². The molecule has 2 bridgehead atoms. The van der Waals surface area contributed by atoms with Gasteiger partial charge in [-0.2, -0.15) is 0 Å². The molecule has 1 N–H and O–H groups in total. The summed E-state index contributed by atoms with van der Waals surface area (Å²) in [4.78, 5) is 4.34. The molecule has 7 rings (SSSR count). The number of nitrogens with zero attached hydrogens (tertiary/aromatic N) is 1. The number of hydrogen-bond acceptors (Lipinski definition) is 3. The summed E-state index contributed by atoms with van der Waals surface area (Å²) in [5, 5.41) is 4.17. The Bertz CT molecular complexity index is 1050. The van der Waals surface area contributed by atoms with E-state index in [4.69, 9.17) is 0 Å². The molecule has 1 saturated carbocycles. The highest BCUT2D eigenvalue weighted by Crippen LogP contribution is 2.52. The first-order valence-corrected chi connectivity index (χ1v) is 14.3. The zero-order valence-electron chi connectivity index (χ0n) is 20.1. The molecule has 3 heteroatoms. The first-order valence-electron chi connectivity index (χ1n) is 13.1. The molecule has 176 valence electrons. The second kappa shape index (κ2) is 9.89. The number of thioether (sulfide) groups is 1. The van der Waals surface area contributed by atoms with Crippen LogP contribution in [0.3, 0.4) is 0 Å². The van der Waals surface area contributed by atoms with Gasteiger partial charge in [-0.15, -0.1) is 11.8 Å². The van der Waals surface area contributed by atoms with Crippen LogP contribution < -0.4 is 5.32 Å². The minimum absolute atomic E-state index is 0.389. The predicted octanol–water partition coefficient (Wildman–Crippen LogP) is 6.57. The third-order valence-corrected chi connectivity index (χ3v) is 9.66. The fraction of sp³-hybridized carbons (Fsp3) is 0.419. The molecule has 1 aliphatic carbocycles. The quantitative estimate of drug-likeness (QED) is 0.395. The van der Waals surface area contributed by atoms with Crippen molar-refractivity contribution in [1.82, 2.24) is 10.2 Å². The van der Waals surface area contributed by atoms with Gasteiger partial charge in [0.25, 0.3) is 0 Å². The molecule has 3 aromatic rings. The van der Waals surface area contributed by atoms with Crippen LogP contribution in [0.1, 0.15) is 48.3 Å². The highest BCUT2D eigenvalue weighted by atomic mass is 32.2. The summed E-state index contributed by atoms with van der Waals surface area (Å²) < 4.78 is 0. The van der Waals surface area contributed by atoms with Gasteiger partial charge in [-0.3, -0.25) is 4.90 Å². The van der Waals surface area contributed by atoms with Gasteiger partial charge in [0.05, 0.1) is 0 Å². The Morgan fingerprint density at radius 2 is 1.50 bits per heavy atom. The summed E-state index contributed by atoms with van der Waals surface area (Å²) in [6.07, 6.45) is 7.74. The second-order valence-corrected chi connectivity index (χ2v) is 11.2. The van der Waals surface area contributed by atoms with Crippen molar-refractivity contribution in [2.75, 3.05) is 12.8 Å². The molecule has 0 spiro atoms. The van der Waals surface area contributed by atoms with Crippen LogP contribution in [-0.2, 0) is 6.54 Å². The van der Waals surface area contributed by atoms with E-state index in [2.05, 4.69) is 101 Å². The minimum atomic E-state index is 0.389. The number of fused-ring (bicyclic) bond motifs is 2. The molecule has 6 atom stereocenters. The van der Waals surface area contributed by atoms with Gasteiger partial charge in [0.2, 0.25) is 0 Å². The summed E-state index contributed by atoms with van der Waals surface area (Å²) in [5.41, 5.74) is 4.35. The van der Waals surface area contributed by atoms with Crippen LogP contribution in [0.2, 0.25) is 0 Å². The molecular weight excluding hydrogens is 432 g/mol. The van der Waals surface area contributed by atoms with Crippen LogP contribution in [0.5, 0.6) is 0 Å². The molecule has 3 heterocycles. The van der Waals surface area contributed by atoms with E-state index in [9.17, 15) is 0 Å². The highest BCUT2D eigenvalue weighted by molar-refractivity contribution is 7.98. The molecule has 34 heavy (non-hydrogen) atoms. The lowest BCUT2D eigenvalue weighted by atomic mass is 9.64. The van der Waals surface area contributed by atoms with E-state index in [1.165, 1.54) is 53.8 Å². The molecule has 3 aromatic carbocycles. The number of hydrogen-bond donors (Lipinski definition) is 1. The molecule has 0 radical (unpaired) electrons. The Hall–Kier alpha value is -2.07. The van der Waals surface area contributed by atoms with Gasteiger partial charge in [0.15, 0.2) is 0 Å². The van der Waals surface area contributed by atoms with Crippen LogP contribution in [-0.4, -0.2) is 35.8 Å². The SMILES string of the molecule is CSc1ccccc1CNC1C2CCN(C3CCCC23)C1C(c1ccccc1)c1ccccc1. The summed E-state index contributed by atoms with van der Waals surface area (Å²) >= 11 is 1.86. The lowest BCUT2D eigenvalue weighted by Gasteiger charge is -2.60. The molecule has 0 aromatic heterocycles. The van der Waals surface area contributed by atoms with Gasteiger partial charge in [-0.05, 0) is 66.7 Å². The van der Waals surface area contributed by atoms with E-state index >= 15 is 0 Å². The van der Waals surface area contributed by atoms with Crippen LogP contribution in [0.15, 0.2) is 89.8 Å². The maximum atomic E-state index is 4.17. The zero-order chi connectivity index (χ0) is 22.9. The lowest BCUT2D eigenvalue weighted by Crippen LogP contribution is -2.69. The molecule has 0 amide bonds. The van der Waals surface area contributed by atoms with Crippen molar-refractivity contribution in [1.29, 1.82) is 0 Å². The van der Waals surface area contributed by atoms with Crippen molar-refractivity contribution in [2.45, 2.75) is 61.2 Å². The molecule has 3 aliphatic heterocycles. The maximum absolute atomic E-state index is 4.17. The standard InChI is InChI=1S/C31H36N2S/c1-34-28-18-9-8-15-24(28)21-32-30-26-19-20-33(27-17-10-16-25(26)27)31(30)29(22-11-4-2-5-12-22)23-13-6-3-7-14-23/h2-9,11-15,18,25-27,29-32H,10,16-17,19-21H2,1H3. The van der Waals surface area contributed by atoms with E-state index < -0.39 is 0 Å². The third-order valence-electron chi connectivity index (χ3n) is 8.82. The Kier molecular flexibility index (Phi) is 6.51. The van der Waals surface area contributed by atoms with Crippen molar-refractivity contribution in [3.05, 3.63) is 102 Å². The van der Waals surface area contributed by atoms with Gasteiger partial charge >= 0.3 is 0 Å². The van der Waals surface area contributed by atoms with Gasteiger partial charge in [-0.25, -0.2) is 0 Å². The van der Waals surface area contributed by atoms with E-state index in [1.54, 1.807) is 0 Å². The van der Waals surface area contributed by atoms with E-state index in [0.717, 1.165) is 24.4 Å².